The van der Waals surface area contributed by atoms with Crippen LogP contribution in [0, 0.1) is 32.1 Å². The Balaban J connectivity index is 1.51. The Morgan fingerprint density at radius 2 is 2.11 bits per heavy atom. The molecule has 3 heterocycles. The van der Waals surface area contributed by atoms with E-state index in [0.717, 1.165) is 32.7 Å². The highest BCUT2D eigenvalue weighted by Gasteiger charge is 2.15. The van der Waals surface area contributed by atoms with Crippen LogP contribution < -0.4 is 5.32 Å². The van der Waals surface area contributed by atoms with Gasteiger partial charge in [-0.05, 0) is 44.4 Å². The van der Waals surface area contributed by atoms with E-state index in [2.05, 4.69) is 26.5 Å². The van der Waals surface area contributed by atoms with Crippen molar-refractivity contribution >= 4 is 38.2 Å². The summed E-state index contributed by atoms with van der Waals surface area (Å²) in [6, 6.07) is 8.10. The molecule has 4 aromatic rings. The van der Waals surface area contributed by atoms with Crippen LogP contribution in [0.3, 0.4) is 0 Å². The number of nitrogens with one attached hydrogen (secondary N) is 1. The van der Waals surface area contributed by atoms with Gasteiger partial charge in [0.2, 0.25) is 5.91 Å². The SMILES string of the molecule is Cc1nc2c(C#N)cnn2c(C)c1CCC(=O)Nc1nc2c(C)cccc2s1. The van der Waals surface area contributed by atoms with Gasteiger partial charge in [-0.25, -0.2) is 14.5 Å². The first-order valence-corrected chi connectivity index (χ1v) is 9.69. The number of aromatic nitrogens is 4. The van der Waals surface area contributed by atoms with Crippen molar-refractivity contribution in [3.05, 3.63) is 52.5 Å². The first kappa shape index (κ1) is 18.1. The van der Waals surface area contributed by atoms with Crippen LogP contribution in [0.4, 0.5) is 5.13 Å². The van der Waals surface area contributed by atoms with Crippen LogP contribution in [0.1, 0.15) is 34.5 Å². The number of nitriles is 1. The number of carbonyl (C=O) groups is 1. The summed E-state index contributed by atoms with van der Waals surface area (Å²) in [4.78, 5) is 21.5. The topological polar surface area (TPSA) is 96.0 Å². The zero-order valence-corrected chi connectivity index (χ0v) is 16.6. The highest BCUT2D eigenvalue weighted by Crippen LogP contribution is 2.28. The monoisotopic (exact) mass is 390 g/mol. The summed E-state index contributed by atoms with van der Waals surface area (Å²) in [5, 5.41) is 16.9. The lowest BCUT2D eigenvalue weighted by atomic mass is 10.1. The molecule has 8 heteroatoms. The van der Waals surface area contributed by atoms with Gasteiger partial charge in [-0.3, -0.25) is 4.79 Å². The molecule has 0 bridgehead atoms. The molecule has 3 aromatic heterocycles. The van der Waals surface area contributed by atoms with Crippen molar-refractivity contribution in [2.45, 2.75) is 33.6 Å². The van der Waals surface area contributed by atoms with E-state index in [1.54, 1.807) is 4.52 Å². The molecule has 0 atom stereocenters. The third kappa shape index (κ3) is 3.10. The summed E-state index contributed by atoms with van der Waals surface area (Å²) in [5.41, 5.74) is 5.69. The van der Waals surface area contributed by atoms with Gasteiger partial charge in [0, 0.05) is 17.8 Å². The molecule has 0 fully saturated rings. The fourth-order valence-electron chi connectivity index (χ4n) is 3.31. The third-order valence-electron chi connectivity index (χ3n) is 4.80. The molecule has 1 amide bonds. The number of thiazole rings is 1. The van der Waals surface area contributed by atoms with Gasteiger partial charge in [-0.2, -0.15) is 10.4 Å². The average Bonchev–Trinajstić information content (AvgIpc) is 3.25. The Bertz CT molecular complexity index is 1260. The molecule has 4 rings (SSSR count). The van der Waals surface area contributed by atoms with Crippen molar-refractivity contribution in [3.63, 3.8) is 0 Å². The summed E-state index contributed by atoms with van der Waals surface area (Å²) in [6.45, 7) is 5.83. The molecule has 1 N–H and O–H groups in total. The van der Waals surface area contributed by atoms with Gasteiger partial charge in [0.25, 0.3) is 0 Å². The lowest BCUT2D eigenvalue weighted by molar-refractivity contribution is -0.116. The normalized spacial score (nSPS) is 11.1. The predicted molar refractivity (Wildman–Crippen MR) is 108 cm³/mol. The van der Waals surface area contributed by atoms with Crippen molar-refractivity contribution in [2.24, 2.45) is 0 Å². The number of nitrogens with zero attached hydrogens (tertiary/aromatic N) is 5. The fraction of sp³-hybridized carbons (Fsp3) is 0.250. The largest absolute Gasteiger partial charge is 0.302 e. The number of anilines is 1. The maximum absolute atomic E-state index is 12.5. The molecular formula is C20H18N6OS. The average molecular weight is 390 g/mol. The molecule has 0 saturated carbocycles. The molecule has 28 heavy (non-hydrogen) atoms. The van der Waals surface area contributed by atoms with Gasteiger partial charge in [0.1, 0.15) is 11.6 Å². The van der Waals surface area contributed by atoms with E-state index in [1.165, 1.54) is 17.5 Å². The molecule has 0 unspecified atom stereocenters. The summed E-state index contributed by atoms with van der Waals surface area (Å²) in [5.74, 6) is -0.0891. The van der Waals surface area contributed by atoms with Gasteiger partial charge in [-0.1, -0.05) is 23.5 Å². The molecule has 140 valence electrons. The second-order valence-corrected chi connectivity index (χ2v) is 7.69. The van der Waals surface area contributed by atoms with E-state index in [0.29, 0.717) is 29.2 Å². The Kier molecular flexibility index (Phi) is 4.53. The van der Waals surface area contributed by atoms with Gasteiger partial charge in [0.05, 0.1) is 16.4 Å². The van der Waals surface area contributed by atoms with Crippen LogP contribution in [0.25, 0.3) is 15.9 Å². The lowest BCUT2D eigenvalue weighted by Crippen LogP contribution is -2.14. The van der Waals surface area contributed by atoms with Crippen molar-refractivity contribution in [1.29, 1.82) is 5.26 Å². The minimum atomic E-state index is -0.0891. The summed E-state index contributed by atoms with van der Waals surface area (Å²) >= 11 is 1.47. The van der Waals surface area contributed by atoms with Crippen LogP contribution in [0.5, 0.6) is 0 Å². The number of hydrogen-bond acceptors (Lipinski definition) is 6. The van der Waals surface area contributed by atoms with Crippen molar-refractivity contribution in [1.82, 2.24) is 19.6 Å². The van der Waals surface area contributed by atoms with Crippen molar-refractivity contribution < 1.29 is 4.79 Å². The predicted octanol–water partition coefficient (Wildman–Crippen LogP) is 3.71. The number of rotatable bonds is 4. The molecule has 0 radical (unpaired) electrons. The number of hydrogen-bond donors (Lipinski definition) is 1. The molecule has 7 nitrogen and oxygen atoms in total. The molecule has 0 aliphatic carbocycles. The van der Waals surface area contributed by atoms with Crippen LogP contribution >= 0.6 is 11.3 Å². The molecule has 0 aliphatic rings. The first-order chi connectivity index (χ1) is 13.5. The van der Waals surface area contributed by atoms with Gasteiger partial charge >= 0.3 is 0 Å². The second kappa shape index (κ2) is 7.02. The standard InChI is InChI=1S/C20H18N6OS/c1-11-5-4-6-16-18(11)25-20(28-16)24-17(27)8-7-15-12(2)23-19-14(9-21)10-22-26(19)13(15)3/h4-6,10H,7-8H2,1-3H3,(H,24,25,27). The Morgan fingerprint density at radius 1 is 1.29 bits per heavy atom. The van der Waals surface area contributed by atoms with E-state index in [-0.39, 0.29) is 5.91 Å². The number of aryl methyl sites for hydroxylation is 3. The van der Waals surface area contributed by atoms with E-state index in [4.69, 9.17) is 5.26 Å². The smallest absolute Gasteiger partial charge is 0.226 e. The molecule has 0 saturated heterocycles. The zero-order valence-electron chi connectivity index (χ0n) is 15.8. The van der Waals surface area contributed by atoms with Gasteiger partial charge < -0.3 is 5.32 Å². The maximum atomic E-state index is 12.5. The Morgan fingerprint density at radius 3 is 2.86 bits per heavy atom. The summed E-state index contributed by atoms with van der Waals surface area (Å²) in [7, 11) is 0. The van der Waals surface area contributed by atoms with Crippen LogP contribution in [-0.2, 0) is 11.2 Å². The molecule has 0 aliphatic heterocycles. The second-order valence-electron chi connectivity index (χ2n) is 6.66. The number of amides is 1. The third-order valence-corrected chi connectivity index (χ3v) is 5.73. The van der Waals surface area contributed by atoms with Crippen molar-refractivity contribution in [3.8, 4) is 6.07 Å². The zero-order chi connectivity index (χ0) is 19.8. The Hall–Kier alpha value is -3.31. The van der Waals surface area contributed by atoms with Gasteiger partial charge in [-0.15, -0.1) is 0 Å². The van der Waals surface area contributed by atoms with Gasteiger partial charge in [0.15, 0.2) is 10.8 Å². The van der Waals surface area contributed by atoms with Crippen LogP contribution in [0.15, 0.2) is 24.4 Å². The highest BCUT2D eigenvalue weighted by molar-refractivity contribution is 7.22. The number of carbonyl (C=O) groups excluding carboxylic acids is 1. The minimum Gasteiger partial charge on any atom is -0.302 e. The van der Waals surface area contributed by atoms with E-state index in [9.17, 15) is 4.79 Å². The minimum absolute atomic E-state index is 0.0891. The summed E-state index contributed by atoms with van der Waals surface area (Å²) < 4.78 is 2.72. The van der Waals surface area contributed by atoms with E-state index in [1.807, 2.05) is 39.0 Å². The summed E-state index contributed by atoms with van der Waals surface area (Å²) in [6.07, 6.45) is 2.37. The van der Waals surface area contributed by atoms with E-state index >= 15 is 0 Å². The quantitative estimate of drug-likeness (QED) is 0.573. The molecular weight excluding hydrogens is 372 g/mol. The number of fused-ring (bicyclic) bond motifs is 2. The lowest BCUT2D eigenvalue weighted by Gasteiger charge is -2.10. The van der Waals surface area contributed by atoms with Crippen LogP contribution in [-0.4, -0.2) is 25.5 Å². The maximum Gasteiger partial charge on any atom is 0.226 e. The number of para-hydroxylation sites is 1. The van der Waals surface area contributed by atoms with Crippen LogP contribution in [0.2, 0.25) is 0 Å². The fourth-order valence-corrected chi connectivity index (χ4v) is 4.27. The molecule has 0 spiro atoms. The first-order valence-electron chi connectivity index (χ1n) is 8.88. The van der Waals surface area contributed by atoms with Crippen molar-refractivity contribution in [2.75, 3.05) is 5.32 Å². The Labute approximate surface area is 165 Å². The number of benzene rings is 1. The highest BCUT2D eigenvalue weighted by atomic mass is 32.1. The van der Waals surface area contributed by atoms with E-state index < -0.39 is 0 Å². The molecule has 1 aromatic carbocycles.